The van der Waals surface area contributed by atoms with Gasteiger partial charge in [0.2, 0.25) is 0 Å². The highest BCUT2D eigenvalue weighted by Gasteiger charge is 2.48. The van der Waals surface area contributed by atoms with Crippen molar-refractivity contribution in [1.29, 1.82) is 0 Å². The van der Waals surface area contributed by atoms with Gasteiger partial charge in [-0.25, -0.2) is 0 Å². The Morgan fingerprint density at radius 2 is 2.16 bits per heavy atom. The van der Waals surface area contributed by atoms with Crippen LogP contribution in [0.3, 0.4) is 0 Å². The van der Waals surface area contributed by atoms with Crippen LogP contribution in [0.1, 0.15) is 24.0 Å². The number of fused-ring (bicyclic) bond motifs is 1. The number of rotatable bonds is 0. The molecule has 3 aliphatic rings. The molecule has 0 saturated carbocycles. The third-order valence-corrected chi connectivity index (χ3v) is 4.89. The van der Waals surface area contributed by atoms with Crippen LogP contribution in [0, 0.1) is 0 Å². The monoisotopic (exact) mass is 255 g/mol. The number of phenolic OH excluding ortho intramolecular Hbond substituents is 2. The lowest BCUT2D eigenvalue weighted by Crippen LogP contribution is -2.53. The molecule has 1 saturated heterocycles. The van der Waals surface area contributed by atoms with Crippen molar-refractivity contribution in [2.75, 3.05) is 6.54 Å². The Hall–Kier alpha value is -1.74. The third-order valence-electron chi connectivity index (χ3n) is 4.89. The number of hydrogen-bond acceptors (Lipinski definition) is 3. The lowest BCUT2D eigenvalue weighted by Gasteiger charge is -2.50. The first-order valence-electron chi connectivity index (χ1n) is 6.87. The fourth-order valence-electron chi connectivity index (χ4n) is 4.08. The van der Waals surface area contributed by atoms with Gasteiger partial charge in [0.1, 0.15) is 0 Å². The molecule has 3 nitrogen and oxygen atoms in total. The van der Waals surface area contributed by atoms with Crippen molar-refractivity contribution in [3.8, 4) is 11.5 Å². The van der Waals surface area contributed by atoms with E-state index in [2.05, 4.69) is 23.5 Å². The number of allylic oxidation sites excluding steroid dienone is 3. The molecule has 2 aliphatic carbocycles. The number of aromatic hydroxyl groups is 2. The first-order valence-corrected chi connectivity index (χ1v) is 6.87. The molecule has 2 atom stereocenters. The standard InChI is InChI=1S/C16H17NO2/c18-13-5-4-10-9-12-11-3-1-2-6-16(11,7-8-17-12)14(10)15(13)19/h1-5,12,17-19H,6-9H2/t12-,16-/m1/s1. The number of hydrogen-bond donors (Lipinski definition) is 3. The molecule has 0 aromatic heterocycles. The van der Waals surface area contributed by atoms with Gasteiger partial charge >= 0.3 is 0 Å². The first kappa shape index (κ1) is 11.1. The van der Waals surface area contributed by atoms with Crippen molar-refractivity contribution in [3.05, 3.63) is 47.1 Å². The summed E-state index contributed by atoms with van der Waals surface area (Å²) in [6.45, 7) is 0.963. The number of piperidine rings is 1. The van der Waals surface area contributed by atoms with E-state index in [9.17, 15) is 10.2 Å². The second kappa shape index (κ2) is 3.64. The highest BCUT2D eigenvalue weighted by molar-refractivity contribution is 5.61. The minimum absolute atomic E-state index is 0.000916. The molecule has 0 amide bonds. The van der Waals surface area contributed by atoms with Crippen molar-refractivity contribution in [3.63, 3.8) is 0 Å². The molecule has 3 heteroatoms. The fraction of sp³-hybridized carbons (Fsp3) is 0.375. The average molecular weight is 255 g/mol. The zero-order chi connectivity index (χ0) is 13.0. The van der Waals surface area contributed by atoms with Gasteiger partial charge in [0.15, 0.2) is 11.5 Å². The van der Waals surface area contributed by atoms with Crippen LogP contribution in [0.4, 0.5) is 0 Å². The van der Waals surface area contributed by atoms with E-state index in [4.69, 9.17) is 0 Å². The topological polar surface area (TPSA) is 52.5 Å². The van der Waals surface area contributed by atoms with Gasteiger partial charge in [0.25, 0.3) is 0 Å². The van der Waals surface area contributed by atoms with Crippen molar-refractivity contribution >= 4 is 0 Å². The Bertz CT molecular complexity index is 617. The zero-order valence-electron chi connectivity index (χ0n) is 10.7. The summed E-state index contributed by atoms with van der Waals surface area (Å²) in [6, 6.07) is 3.94. The minimum atomic E-state index is -0.110. The predicted molar refractivity (Wildman–Crippen MR) is 73.4 cm³/mol. The van der Waals surface area contributed by atoms with E-state index < -0.39 is 0 Å². The number of phenols is 2. The van der Waals surface area contributed by atoms with Gasteiger partial charge in [-0.1, -0.05) is 24.3 Å². The van der Waals surface area contributed by atoms with E-state index in [1.54, 1.807) is 6.07 Å². The maximum atomic E-state index is 10.4. The quantitative estimate of drug-likeness (QED) is 0.623. The lowest BCUT2D eigenvalue weighted by atomic mass is 9.58. The molecule has 2 bridgehead atoms. The van der Waals surface area contributed by atoms with Crippen molar-refractivity contribution in [2.24, 2.45) is 0 Å². The van der Waals surface area contributed by atoms with E-state index in [1.165, 1.54) is 11.1 Å². The van der Waals surface area contributed by atoms with E-state index in [-0.39, 0.29) is 16.9 Å². The van der Waals surface area contributed by atoms with Gasteiger partial charge in [-0.3, -0.25) is 0 Å². The summed E-state index contributed by atoms with van der Waals surface area (Å²) < 4.78 is 0. The van der Waals surface area contributed by atoms with E-state index in [1.807, 2.05) is 6.07 Å². The van der Waals surface area contributed by atoms with Crippen LogP contribution in [0.25, 0.3) is 0 Å². The Morgan fingerprint density at radius 3 is 3.05 bits per heavy atom. The summed E-state index contributed by atoms with van der Waals surface area (Å²) in [7, 11) is 0. The molecule has 1 aliphatic heterocycles. The van der Waals surface area contributed by atoms with Crippen LogP contribution in [0.15, 0.2) is 35.9 Å². The van der Waals surface area contributed by atoms with Crippen LogP contribution < -0.4 is 5.32 Å². The molecule has 98 valence electrons. The lowest BCUT2D eigenvalue weighted by molar-refractivity contribution is 0.302. The minimum Gasteiger partial charge on any atom is -0.504 e. The SMILES string of the molecule is Oc1ccc2c(c1O)[C@@]13CC=CC=C1[C@@H](C2)NCC3. The molecule has 0 spiro atoms. The molecule has 1 fully saturated rings. The summed E-state index contributed by atoms with van der Waals surface area (Å²) in [6.07, 6.45) is 9.25. The Kier molecular flexibility index (Phi) is 2.13. The van der Waals surface area contributed by atoms with Crippen LogP contribution >= 0.6 is 0 Å². The number of nitrogens with one attached hydrogen (secondary N) is 1. The van der Waals surface area contributed by atoms with Gasteiger partial charge in [-0.05, 0) is 43.0 Å². The molecule has 0 radical (unpaired) electrons. The van der Waals surface area contributed by atoms with E-state index in [0.29, 0.717) is 6.04 Å². The second-order valence-corrected chi connectivity index (χ2v) is 5.76. The second-order valence-electron chi connectivity index (χ2n) is 5.76. The summed E-state index contributed by atoms with van der Waals surface area (Å²) in [4.78, 5) is 0. The Morgan fingerprint density at radius 1 is 1.26 bits per heavy atom. The van der Waals surface area contributed by atoms with Crippen LogP contribution in [-0.2, 0) is 11.8 Å². The molecule has 1 aromatic rings. The van der Waals surface area contributed by atoms with Crippen LogP contribution in [-0.4, -0.2) is 22.8 Å². The van der Waals surface area contributed by atoms with Crippen molar-refractivity contribution in [1.82, 2.24) is 5.32 Å². The molecular formula is C16H17NO2. The molecular weight excluding hydrogens is 238 g/mol. The summed E-state index contributed by atoms with van der Waals surface area (Å²) in [5.41, 5.74) is 3.39. The summed E-state index contributed by atoms with van der Waals surface area (Å²) in [5, 5.41) is 23.8. The van der Waals surface area contributed by atoms with Gasteiger partial charge in [-0.15, -0.1) is 0 Å². The molecule has 1 aromatic carbocycles. The Balaban J connectivity index is 2.03. The largest absolute Gasteiger partial charge is 0.504 e. The normalized spacial score (nSPS) is 31.4. The van der Waals surface area contributed by atoms with Crippen molar-refractivity contribution < 1.29 is 10.2 Å². The summed E-state index contributed by atoms with van der Waals surface area (Å²) >= 11 is 0. The molecule has 0 unspecified atom stereocenters. The van der Waals surface area contributed by atoms with Gasteiger partial charge in [0.05, 0.1) is 0 Å². The summed E-state index contributed by atoms with van der Waals surface area (Å²) in [5.74, 6) is 0.0815. The maximum Gasteiger partial charge on any atom is 0.161 e. The van der Waals surface area contributed by atoms with Crippen molar-refractivity contribution in [2.45, 2.75) is 30.7 Å². The van der Waals surface area contributed by atoms with Gasteiger partial charge in [0, 0.05) is 17.0 Å². The van der Waals surface area contributed by atoms with Crippen LogP contribution in [0.5, 0.6) is 11.5 Å². The van der Waals surface area contributed by atoms with Gasteiger partial charge < -0.3 is 15.5 Å². The Labute approximate surface area is 112 Å². The maximum absolute atomic E-state index is 10.4. The number of benzene rings is 1. The molecule has 1 heterocycles. The average Bonchev–Trinajstić information content (AvgIpc) is 2.42. The third kappa shape index (κ3) is 1.31. The molecule has 3 N–H and O–H groups in total. The smallest absolute Gasteiger partial charge is 0.161 e. The highest BCUT2D eigenvalue weighted by Crippen LogP contribution is 2.54. The van der Waals surface area contributed by atoms with E-state index >= 15 is 0 Å². The van der Waals surface area contributed by atoms with Crippen LogP contribution in [0.2, 0.25) is 0 Å². The molecule has 19 heavy (non-hydrogen) atoms. The highest BCUT2D eigenvalue weighted by atomic mass is 16.3. The van der Waals surface area contributed by atoms with Gasteiger partial charge in [-0.2, -0.15) is 0 Å². The fourth-order valence-corrected chi connectivity index (χ4v) is 4.08. The molecule has 4 rings (SSSR count). The van der Waals surface area contributed by atoms with E-state index in [0.717, 1.165) is 31.4 Å². The zero-order valence-corrected chi connectivity index (χ0v) is 10.7. The first-order chi connectivity index (χ1) is 9.22. The predicted octanol–water partition coefficient (Wildman–Crippen LogP) is 2.14.